The predicted octanol–water partition coefficient (Wildman–Crippen LogP) is 1.66. The van der Waals surface area contributed by atoms with Crippen molar-refractivity contribution in [2.24, 2.45) is 11.8 Å². The third-order valence-electron chi connectivity index (χ3n) is 4.07. The van der Waals surface area contributed by atoms with Gasteiger partial charge in [-0.1, -0.05) is 6.92 Å². The smallest absolute Gasteiger partial charge is 0.227 e. The molecule has 0 radical (unpaired) electrons. The van der Waals surface area contributed by atoms with Gasteiger partial charge >= 0.3 is 0 Å². The van der Waals surface area contributed by atoms with Gasteiger partial charge in [0.25, 0.3) is 0 Å². The second kappa shape index (κ2) is 5.87. The molecule has 3 unspecified atom stereocenters. The number of piperidine rings is 1. The summed E-state index contributed by atoms with van der Waals surface area (Å²) in [6.07, 6.45) is 3.39. The molecule has 1 N–H and O–H groups in total. The van der Waals surface area contributed by atoms with E-state index in [-0.39, 0.29) is 18.3 Å². The van der Waals surface area contributed by atoms with Crippen LogP contribution in [0.3, 0.4) is 0 Å². The average Bonchev–Trinajstić information content (AvgIpc) is 2.60. The number of carbonyl (C=O) groups is 1. The van der Waals surface area contributed by atoms with E-state index >= 15 is 0 Å². The molecule has 2 heterocycles. The third-order valence-corrected chi connectivity index (χ3v) is 4.07. The van der Waals surface area contributed by atoms with Gasteiger partial charge in [0.2, 0.25) is 5.91 Å². The second-order valence-electron chi connectivity index (χ2n) is 5.08. The number of amides is 1. The van der Waals surface area contributed by atoms with Crippen molar-refractivity contribution in [1.29, 1.82) is 0 Å². The van der Waals surface area contributed by atoms with Crippen LogP contribution >= 0.6 is 12.4 Å². The number of rotatable bonds is 1. The Kier molecular flexibility index (Phi) is 5.06. The first-order valence-electron chi connectivity index (χ1n) is 6.21. The molecule has 2 aliphatic heterocycles. The lowest BCUT2D eigenvalue weighted by molar-refractivity contribution is -0.136. The van der Waals surface area contributed by atoms with Gasteiger partial charge in [0.1, 0.15) is 0 Å². The molecule has 3 nitrogen and oxygen atoms in total. The van der Waals surface area contributed by atoms with E-state index in [1.807, 2.05) is 0 Å². The number of carbonyl (C=O) groups excluding carboxylic acids is 1. The molecule has 2 fully saturated rings. The highest BCUT2D eigenvalue weighted by atomic mass is 35.5. The zero-order valence-electron chi connectivity index (χ0n) is 10.2. The number of nitrogens with one attached hydrogen (secondary N) is 1. The van der Waals surface area contributed by atoms with Crippen molar-refractivity contribution in [3.8, 4) is 0 Å². The van der Waals surface area contributed by atoms with E-state index in [2.05, 4.69) is 24.1 Å². The summed E-state index contributed by atoms with van der Waals surface area (Å²) in [5.74, 6) is 1.30. The Morgan fingerprint density at radius 3 is 2.56 bits per heavy atom. The molecule has 4 heteroatoms. The van der Waals surface area contributed by atoms with Crippen molar-refractivity contribution in [1.82, 2.24) is 10.2 Å². The first-order chi connectivity index (χ1) is 7.20. The molecule has 0 spiro atoms. The maximum absolute atomic E-state index is 12.2. The van der Waals surface area contributed by atoms with Crippen molar-refractivity contribution in [3.63, 3.8) is 0 Å². The van der Waals surface area contributed by atoms with Gasteiger partial charge < -0.3 is 10.2 Å². The molecular formula is C12H23ClN2O. The zero-order chi connectivity index (χ0) is 10.8. The quantitative estimate of drug-likeness (QED) is 0.763. The fraction of sp³-hybridized carbons (Fsp3) is 0.917. The summed E-state index contributed by atoms with van der Waals surface area (Å²) in [6.45, 7) is 7.37. The van der Waals surface area contributed by atoms with Gasteiger partial charge in [-0.2, -0.15) is 0 Å². The first-order valence-corrected chi connectivity index (χ1v) is 6.21. The minimum Gasteiger partial charge on any atom is -0.339 e. The van der Waals surface area contributed by atoms with E-state index in [0.717, 1.165) is 32.5 Å². The van der Waals surface area contributed by atoms with Crippen LogP contribution in [0, 0.1) is 11.8 Å². The number of likely N-dealkylation sites (tertiary alicyclic amines) is 1. The zero-order valence-corrected chi connectivity index (χ0v) is 11.1. The molecule has 94 valence electrons. The summed E-state index contributed by atoms with van der Waals surface area (Å²) < 4.78 is 0. The minimum absolute atomic E-state index is 0. The molecule has 3 atom stereocenters. The van der Waals surface area contributed by atoms with Crippen LogP contribution in [0.25, 0.3) is 0 Å². The molecule has 0 aromatic rings. The number of nitrogens with zero attached hydrogens (tertiary/aromatic N) is 1. The van der Waals surface area contributed by atoms with Crippen LogP contribution in [0.15, 0.2) is 0 Å². The molecule has 0 saturated carbocycles. The lowest BCUT2D eigenvalue weighted by Gasteiger charge is -2.30. The van der Waals surface area contributed by atoms with Crippen molar-refractivity contribution in [2.75, 3.05) is 19.6 Å². The molecule has 2 rings (SSSR count). The van der Waals surface area contributed by atoms with Crippen LogP contribution in [-0.2, 0) is 4.79 Å². The van der Waals surface area contributed by atoms with E-state index in [1.54, 1.807) is 0 Å². The normalized spacial score (nSPS) is 34.6. The van der Waals surface area contributed by atoms with E-state index in [4.69, 9.17) is 0 Å². The molecule has 0 aliphatic carbocycles. The Morgan fingerprint density at radius 1 is 1.31 bits per heavy atom. The molecule has 2 aliphatic rings. The summed E-state index contributed by atoms with van der Waals surface area (Å²) in [4.78, 5) is 14.3. The van der Waals surface area contributed by atoms with Crippen molar-refractivity contribution < 1.29 is 4.79 Å². The van der Waals surface area contributed by atoms with E-state index in [9.17, 15) is 4.79 Å². The van der Waals surface area contributed by atoms with Crippen LogP contribution in [-0.4, -0.2) is 36.5 Å². The Hall–Kier alpha value is -0.280. The molecule has 1 amide bonds. The number of halogens is 1. The largest absolute Gasteiger partial charge is 0.339 e. The highest BCUT2D eigenvalue weighted by molar-refractivity contribution is 5.85. The van der Waals surface area contributed by atoms with Crippen LogP contribution in [0.5, 0.6) is 0 Å². The average molecular weight is 247 g/mol. The van der Waals surface area contributed by atoms with Gasteiger partial charge in [-0.3, -0.25) is 4.79 Å². The lowest BCUT2D eigenvalue weighted by Crippen LogP contribution is -2.44. The van der Waals surface area contributed by atoms with Crippen molar-refractivity contribution in [2.45, 2.75) is 39.2 Å². The van der Waals surface area contributed by atoms with Gasteiger partial charge in [0.15, 0.2) is 0 Å². The number of hydrogen-bond acceptors (Lipinski definition) is 2. The van der Waals surface area contributed by atoms with Gasteiger partial charge in [0.05, 0.1) is 5.92 Å². The standard InChI is InChI=1S/C12H22N2O.ClH/c1-9-5-7-14(10(9)2)12(15)11-4-3-6-13-8-11;/h9-11,13H,3-8H2,1-2H3;1H. The summed E-state index contributed by atoms with van der Waals surface area (Å²) in [7, 11) is 0. The topological polar surface area (TPSA) is 32.3 Å². The fourth-order valence-electron chi connectivity index (χ4n) is 2.70. The predicted molar refractivity (Wildman–Crippen MR) is 67.8 cm³/mol. The lowest BCUT2D eigenvalue weighted by atomic mass is 9.97. The highest BCUT2D eigenvalue weighted by Gasteiger charge is 2.34. The minimum atomic E-state index is 0. The van der Waals surface area contributed by atoms with Crippen LogP contribution in [0.4, 0.5) is 0 Å². The van der Waals surface area contributed by atoms with Gasteiger partial charge in [-0.05, 0) is 38.6 Å². The molecule has 0 aromatic heterocycles. The summed E-state index contributed by atoms with van der Waals surface area (Å²) in [6, 6.07) is 0.444. The Labute approximate surface area is 104 Å². The molecule has 2 saturated heterocycles. The second-order valence-corrected chi connectivity index (χ2v) is 5.08. The third kappa shape index (κ3) is 2.69. The van der Waals surface area contributed by atoms with E-state index in [1.165, 1.54) is 6.42 Å². The van der Waals surface area contributed by atoms with Crippen molar-refractivity contribution >= 4 is 18.3 Å². The molecular weight excluding hydrogens is 224 g/mol. The molecule has 16 heavy (non-hydrogen) atoms. The van der Waals surface area contributed by atoms with E-state index in [0.29, 0.717) is 17.9 Å². The van der Waals surface area contributed by atoms with Gasteiger partial charge in [-0.15, -0.1) is 12.4 Å². The van der Waals surface area contributed by atoms with E-state index < -0.39 is 0 Å². The summed E-state index contributed by atoms with van der Waals surface area (Å²) in [5, 5.41) is 3.32. The first kappa shape index (κ1) is 13.8. The maximum Gasteiger partial charge on any atom is 0.227 e. The highest BCUT2D eigenvalue weighted by Crippen LogP contribution is 2.26. The van der Waals surface area contributed by atoms with Gasteiger partial charge in [0, 0.05) is 19.1 Å². The Balaban J connectivity index is 0.00000128. The monoisotopic (exact) mass is 246 g/mol. The Morgan fingerprint density at radius 2 is 2.06 bits per heavy atom. The summed E-state index contributed by atoms with van der Waals surface area (Å²) in [5.41, 5.74) is 0. The maximum atomic E-state index is 12.2. The van der Waals surface area contributed by atoms with Crippen LogP contribution < -0.4 is 5.32 Å². The van der Waals surface area contributed by atoms with Crippen LogP contribution in [0.2, 0.25) is 0 Å². The molecule has 0 bridgehead atoms. The fourth-order valence-corrected chi connectivity index (χ4v) is 2.70. The molecule has 0 aromatic carbocycles. The Bertz CT molecular complexity index is 241. The SMILES string of the molecule is CC1CCN(C(=O)C2CCCNC2)C1C.Cl. The number of hydrogen-bond donors (Lipinski definition) is 1. The van der Waals surface area contributed by atoms with Crippen LogP contribution in [0.1, 0.15) is 33.1 Å². The van der Waals surface area contributed by atoms with Crippen molar-refractivity contribution in [3.05, 3.63) is 0 Å². The van der Waals surface area contributed by atoms with Gasteiger partial charge in [-0.25, -0.2) is 0 Å². The summed E-state index contributed by atoms with van der Waals surface area (Å²) >= 11 is 0.